The molecule has 0 saturated carbocycles. The first-order chi connectivity index (χ1) is 13.6. The van der Waals surface area contributed by atoms with Crippen LogP contribution >= 0.6 is 0 Å². The van der Waals surface area contributed by atoms with Gasteiger partial charge in [-0.05, 0) is 57.4 Å². The third-order valence-corrected chi connectivity index (χ3v) is 4.05. The van der Waals surface area contributed by atoms with Crippen LogP contribution in [0, 0.1) is 13.8 Å². The number of carbonyl (C=O) groups is 2. The molecule has 1 unspecified atom stereocenters. The molecule has 0 saturated heterocycles. The standard InChI is InChI=1S/C23H30N2O4/c1-16-11-12-17(2)19(13-16)24-21(26)20(25-22(27)29-23(3,4)5)15-28-14-18-9-7-6-8-10-18/h6-13,20H,14-15H2,1-5H3,(H,24,26)(H,25,27). The number of nitrogens with one attached hydrogen (secondary N) is 2. The zero-order valence-corrected chi connectivity index (χ0v) is 17.7. The molecule has 0 aliphatic carbocycles. The van der Waals surface area contributed by atoms with Gasteiger partial charge >= 0.3 is 6.09 Å². The summed E-state index contributed by atoms with van der Waals surface area (Å²) in [6.07, 6.45) is -0.665. The molecule has 0 spiro atoms. The summed E-state index contributed by atoms with van der Waals surface area (Å²) in [4.78, 5) is 25.1. The number of hydrogen-bond donors (Lipinski definition) is 2. The van der Waals surface area contributed by atoms with E-state index in [-0.39, 0.29) is 12.5 Å². The first-order valence-corrected chi connectivity index (χ1v) is 9.63. The number of amides is 2. The highest BCUT2D eigenvalue weighted by molar-refractivity contribution is 5.97. The molecule has 0 bridgehead atoms. The van der Waals surface area contributed by atoms with E-state index in [2.05, 4.69) is 10.6 Å². The summed E-state index contributed by atoms with van der Waals surface area (Å²) in [7, 11) is 0. The van der Waals surface area contributed by atoms with E-state index in [1.807, 2.05) is 62.4 Å². The van der Waals surface area contributed by atoms with E-state index in [1.165, 1.54) is 0 Å². The fraction of sp³-hybridized carbons (Fsp3) is 0.391. The number of rotatable bonds is 7. The Balaban J connectivity index is 2.06. The zero-order valence-electron chi connectivity index (χ0n) is 17.7. The lowest BCUT2D eigenvalue weighted by molar-refractivity contribution is -0.119. The van der Waals surface area contributed by atoms with Gasteiger partial charge in [0, 0.05) is 5.69 Å². The van der Waals surface area contributed by atoms with Crippen molar-refractivity contribution < 1.29 is 19.1 Å². The number of carbonyl (C=O) groups excluding carboxylic acids is 2. The molecule has 0 heterocycles. The minimum Gasteiger partial charge on any atom is -0.444 e. The van der Waals surface area contributed by atoms with Crippen LogP contribution in [-0.4, -0.2) is 30.3 Å². The molecule has 2 rings (SSSR count). The highest BCUT2D eigenvalue weighted by Crippen LogP contribution is 2.17. The summed E-state index contributed by atoms with van der Waals surface area (Å²) in [5.41, 5.74) is 2.99. The molecule has 0 radical (unpaired) electrons. The monoisotopic (exact) mass is 398 g/mol. The van der Waals surface area contributed by atoms with Gasteiger partial charge in [0.1, 0.15) is 11.6 Å². The van der Waals surface area contributed by atoms with Crippen LogP contribution in [0.1, 0.15) is 37.5 Å². The Morgan fingerprint density at radius 1 is 1.03 bits per heavy atom. The Kier molecular flexibility index (Phi) is 7.79. The average molecular weight is 399 g/mol. The van der Waals surface area contributed by atoms with Crippen molar-refractivity contribution in [2.45, 2.75) is 52.9 Å². The molecule has 29 heavy (non-hydrogen) atoms. The maximum atomic E-state index is 12.9. The lowest BCUT2D eigenvalue weighted by Crippen LogP contribution is -2.48. The summed E-state index contributed by atoms with van der Waals surface area (Å²) >= 11 is 0. The number of anilines is 1. The molecule has 0 fully saturated rings. The second-order valence-electron chi connectivity index (χ2n) is 8.01. The van der Waals surface area contributed by atoms with Crippen LogP contribution in [0.3, 0.4) is 0 Å². The van der Waals surface area contributed by atoms with Crippen LogP contribution in [0.5, 0.6) is 0 Å². The summed E-state index contributed by atoms with van der Waals surface area (Å²) in [6.45, 7) is 9.53. The molecule has 0 aromatic heterocycles. The lowest BCUT2D eigenvalue weighted by Gasteiger charge is -2.23. The summed E-state index contributed by atoms with van der Waals surface area (Å²) in [5, 5.41) is 5.49. The first kappa shape index (κ1) is 22.4. The molecule has 2 N–H and O–H groups in total. The van der Waals surface area contributed by atoms with Crippen molar-refractivity contribution in [2.24, 2.45) is 0 Å². The van der Waals surface area contributed by atoms with Crippen molar-refractivity contribution in [3.8, 4) is 0 Å². The summed E-state index contributed by atoms with van der Waals surface area (Å²) < 4.78 is 11.0. The van der Waals surface area contributed by atoms with E-state index in [0.29, 0.717) is 12.3 Å². The predicted molar refractivity (Wildman–Crippen MR) is 114 cm³/mol. The van der Waals surface area contributed by atoms with Gasteiger partial charge in [0.25, 0.3) is 0 Å². The van der Waals surface area contributed by atoms with Crippen molar-refractivity contribution in [2.75, 3.05) is 11.9 Å². The molecule has 6 nitrogen and oxygen atoms in total. The molecule has 6 heteroatoms. The van der Waals surface area contributed by atoms with Gasteiger partial charge in [-0.1, -0.05) is 42.5 Å². The molecule has 2 amide bonds. The van der Waals surface area contributed by atoms with E-state index < -0.39 is 17.7 Å². The third-order valence-electron chi connectivity index (χ3n) is 4.05. The molecule has 2 aromatic carbocycles. The Morgan fingerprint density at radius 2 is 1.72 bits per heavy atom. The third kappa shape index (κ3) is 7.95. The van der Waals surface area contributed by atoms with Gasteiger partial charge in [-0.2, -0.15) is 0 Å². The van der Waals surface area contributed by atoms with Gasteiger partial charge in [0.2, 0.25) is 5.91 Å². The van der Waals surface area contributed by atoms with Crippen LogP contribution in [0.2, 0.25) is 0 Å². The van der Waals surface area contributed by atoms with Gasteiger partial charge in [-0.25, -0.2) is 4.79 Å². The van der Waals surface area contributed by atoms with Crippen LogP contribution < -0.4 is 10.6 Å². The van der Waals surface area contributed by atoms with Crippen molar-refractivity contribution in [3.05, 3.63) is 65.2 Å². The molecule has 0 aliphatic rings. The van der Waals surface area contributed by atoms with Crippen LogP contribution in [0.4, 0.5) is 10.5 Å². The maximum absolute atomic E-state index is 12.9. The zero-order chi connectivity index (χ0) is 21.4. The molecule has 2 aromatic rings. The minimum atomic E-state index is -0.895. The number of ether oxygens (including phenoxy) is 2. The fourth-order valence-electron chi connectivity index (χ4n) is 2.59. The lowest BCUT2D eigenvalue weighted by atomic mass is 10.1. The number of alkyl carbamates (subject to hydrolysis) is 1. The SMILES string of the molecule is Cc1ccc(C)c(NC(=O)C(COCc2ccccc2)NC(=O)OC(C)(C)C)c1. The largest absolute Gasteiger partial charge is 0.444 e. The molecule has 0 aliphatic heterocycles. The smallest absolute Gasteiger partial charge is 0.408 e. The normalized spacial score (nSPS) is 12.2. The Hall–Kier alpha value is -2.86. The molecule has 156 valence electrons. The Morgan fingerprint density at radius 3 is 2.38 bits per heavy atom. The number of aryl methyl sites for hydroxylation is 2. The van der Waals surface area contributed by atoms with Crippen molar-refractivity contribution in [1.82, 2.24) is 5.32 Å². The van der Waals surface area contributed by atoms with E-state index in [1.54, 1.807) is 20.8 Å². The fourth-order valence-corrected chi connectivity index (χ4v) is 2.59. The minimum absolute atomic E-state index is 0.0187. The van der Waals surface area contributed by atoms with Gasteiger partial charge in [0.15, 0.2) is 0 Å². The number of hydrogen-bond acceptors (Lipinski definition) is 4. The van der Waals surface area contributed by atoms with Crippen LogP contribution in [0.15, 0.2) is 48.5 Å². The van der Waals surface area contributed by atoms with E-state index in [0.717, 1.165) is 16.7 Å². The molecular formula is C23H30N2O4. The quantitative estimate of drug-likeness (QED) is 0.727. The summed E-state index contributed by atoms with van der Waals surface area (Å²) in [5.74, 6) is -0.363. The first-order valence-electron chi connectivity index (χ1n) is 9.63. The second kappa shape index (κ2) is 10.1. The predicted octanol–water partition coefficient (Wildman–Crippen LogP) is 4.35. The molecular weight excluding hydrogens is 368 g/mol. The maximum Gasteiger partial charge on any atom is 0.408 e. The average Bonchev–Trinajstić information content (AvgIpc) is 2.63. The second-order valence-corrected chi connectivity index (χ2v) is 8.01. The van der Waals surface area contributed by atoms with Crippen LogP contribution in [0.25, 0.3) is 0 Å². The highest BCUT2D eigenvalue weighted by Gasteiger charge is 2.25. The summed E-state index contributed by atoms with van der Waals surface area (Å²) in [6, 6.07) is 14.5. The van der Waals surface area contributed by atoms with E-state index in [4.69, 9.17) is 9.47 Å². The van der Waals surface area contributed by atoms with Crippen molar-refractivity contribution in [1.29, 1.82) is 0 Å². The Bertz CT molecular complexity index is 829. The van der Waals surface area contributed by atoms with Crippen LogP contribution in [-0.2, 0) is 20.9 Å². The van der Waals surface area contributed by atoms with E-state index in [9.17, 15) is 9.59 Å². The van der Waals surface area contributed by atoms with Gasteiger partial charge in [-0.3, -0.25) is 4.79 Å². The highest BCUT2D eigenvalue weighted by atomic mass is 16.6. The number of benzene rings is 2. The van der Waals surface area contributed by atoms with E-state index >= 15 is 0 Å². The van der Waals surface area contributed by atoms with Crippen molar-refractivity contribution >= 4 is 17.7 Å². The Labute approximate surface area is 172 Å². The van der Waals surface area contributed by atoms with Gasteiger partial charge in [0.05, 0.1) is 13.2 Å². The molecule has 1 atom stereocenters. The van der Waals surface area contributed by atoms with Crippen molar-refractivity contribution in [3.63, 3.8) is 0 Å². The van der Waals surface area contributed by atoms with Gasteiger partial charge < -0.3 is 20.1 Å². The topological polar surface area (TPSA) is 76.7 Å². The van der Waals surface area contributed by atoms with Gasteiger partial charge in [-0.15, -0.1) is 0 Å².